The quantitative estimate of drug-likeness (QED) is 0.876. The third kappa shape index (κ3) is 2.82. The van der Waals surface area contributed by atoms with Gasteiger partial charge >= 0.3 is 0 Å². The highest BCUT2D eigenvalue weighted by atomic mass is 16.2. The molecular weight excluding hydrogens is 240 g/mol. The molecule has 1 aromatic heterocycles. The minimum Gasteiger partial charge on any atom is -0.326 e. The second-order valence-corrected chi connectivity index (χ2v) is 4.31. The van der Waals surface area contributed by atoms with Crippen LogP contribution >= 0.6 is 0 Å². The van der Waals surface area contributed by atoms with Crippen LogP contribution in [0.5, 0.6) is 0 Å². The minimum atomic E-state index is -0.171. The van der Waals surface area contributed by atoms with Gasteiger partial charge in [0, 0.05) is 19.3 Å². The van der Waals surface area contributed by atoms with E-state index in [1.54, 1.807) is 17.8 Å². The van der Waals surface area contributed by atoms with E-state index in [0.29, 0.717) is 12.2 Å². The third-order valence-electron chi connectivity index (χ3n) is 3.01. The van der Waals surface area contributed by atoms with Crippen LogP contribution in [0.1, 0.15) is 28.7 Å². The zero-order chi connectivity index (χ0) is 13.8. The summed E-state index contributed by atoms with van der Waals surface area (Å²) in [7, 11) is 1.77. The van der Waals surface area contributed by atoms with Crippen molar-refractivity contribution in [2.45, 2.75) is 19.9 Å². The number of carbonyl (C=O) groups is 1. The summed E-state index contributed by atoms with van der Waals surface area (Å²) >= 11 is 0. The van der Waals surface area contributed by atoms with Crippen molar-refractivity contribution in [2.24, 2.45) is 12.8 Å². The van der Waals surface area contributed by atoms with Crippen LogP contribution in [0, 0.1) is 0 Å². The topological polar surface area (TPSA) is 72.9 Å². The lowest BCUT2D eigenvalue weighted by atomic mass is 10.1. The first-order valence-corrected chi connectivity index (χ1v) is 6.28. The Morgan fingerprint density at radius 2 is 2.16 bits per heavy atom. The number of nitrogens with one attached hydrogen (secondary N) is 1. The lowest BCUT2D eigenvalue weighted by molar-refractivity contribution is 0.101. The van der Waals surface area contributed by atoms with Crippen LogP contribution in [-0.2, 0) is 20.0 Å². The summed E-state index contributed by atoms with van der Waals surface area (Å²) in [5.41, 5.74) is 8.75. The van der Waals surface area contributed by atoms with Gasteiger partial charge in [0.1, 0.15) is 5.69 Å². The fraction of sp³-hybridized carbons (Fsp3) is 0.286. The molecule has 0 saturated heterocycles. The van der Waals surface area contributed by atoms with Gasteiger partial charge in [-0.25, -0.2) is 0 Å². The first-order chi connectivity index (χ1) is 9.15. The molecule has 5 heteroatoms. The number of para-hydroxylation sites is 1. The fourth-order valence-electron chi connectivity index (χ4n) is 1.92. The molecule has 0 aliphatic carbocycles. The van der Waals surface area contributed by atoms with Gasteiger partial charge in [-0.05, 0) is 24.1 Å². The Kier molecular flexibility index (Phi) is 3.97. The van der Waals surface area contributed by atoms with E-state index in [0.717, 1.165) is 23.4 Å². The number of amides is 1. The summed E-state index contributed by atoms with van der Waals surface area (Å²) in [6, 6.07) is 9.32. The average molecular weight is 258 g/mol. The molecule has 5 nitrogen and oxygen atoms in total. The molecule has 3 N–H and O–H groups in total. The molecule has 1 amide bonds. The number of benzene rings is 1. The maximum atomic E-state index is 12.2. The fourth-order valence-corrected chi connectivity index (χ4v) is 1.92. The van der Waals surface area contributed by atoms with Crippen LogP contribution in [0.3, 0.4) is 0 Å². The Bertz CT molecular complexity index is 589. The molecule has 0 radical (unpaired) electrons. The number of aromatic nitrogens is 2. The van der Waals surface area contributed by atoms with Gasteiger partial charge < -0.3 is 11.1 Å². The van der Waals surface area contributed by atoms with Crippen molar-refractivity contribution >= 4 is 11.6 Å². The molecule has 1 heterocycles. The standard InChI is InChI=1S/C14H18N4O/c1-3-11-8-13(18(2)17-11)14(19)16-12-7-5-4-6-10(12)9-15/h4-8H,3,9,15H2,1-2H3,(H,16,19). The maximum Gasteiger partial charge on any atom is 0.273 e. The first kappa shape index (κ1) is 13.3. The van der Waals surface area contributed by atoms with Gasteiger partial charge in [-0.3, -0.25) is 9.48 Å². The van der Waals surface area contributed by atoms with Crippen LogP contribution in [0.2, 0.25) is 0 Å². The van der Waals surface area contributed by atoms with Crippen LogP contribution in [0.15, 0.2) is 30.3 Å². The number of hydrogen-bond donors (Lipinski definition) is 2. The molecule has 0 unspecified atom stereocenters. The van der Waals surface area contributed by atoms with E-state index in [2.05, 4.69) is 10.4 Å². The summed E-state index contributed by atoms with van der Waals surface area (Å²) < 4.78 is 1.60. The van der Waals surface area contributed by atoms with Crippen molar-refractivity contribution in [1.29, 1.82) is 0 Å². The lowest BCUT2D eigenvalue weighted by Gasteiger charge is -2.09. The van der Waals surface area contributed by atoms with Gasteiger partial charge in [-0.1, -0.05) is 25.1 Å². The third-order valence-corrected chi connectivity index (χ3v) is 3.01. The van der Waals surface area contributed by atoms with E-state index in [4.69, 9.17) is 5.73 Å². The van der Waals surface area contributed by atoms with Gasteiger partial charge in [-0.2, -0.15) is 5.10 Å². The number of nitrogens with two attached hydrogens (primary N) is 1. The smallest absolute Gasteiger partial charge is 0.273 e. The van der Waals surface area contributed by atoms with E-state index in [-0.39, 0.29) is 5.91 Å². The van der Waals surface area contributed by atoms with Crippen molar-refractivity contribution in [3.05, 3.63) is 47.3 Å². The van der Waals surface area contributed by atoms with E-state index in [9.17, 15) is 4.79 Å². The Morgan fingerprint density at radius 1 is 1.42 bits per heavy atom. The Balaban J connectivity index is 2.23. The molecule has 100 valence electrons. The van der Waals surface area contributed by atoms with Crippen molar-refractivity contribution in [1.82, 2.24) is 9.78 Å². The lowest BCUT2D eigenvalue weighted by Crippen LogP contribution is -2.17. The number of rotatable bonds is 4. The highest BCUT2D eigenvalue weighted by molar-refractivity contribution is 6.03. The molecule has 1 aromatic carbocycles. The van der Waals surface area contributed by atoms with Gasteiger partial charge in [0.25, 0.3) is 5.91 Å². The molecule has 0 aliphatic heterocycles. The zero-order valence-electron chi connectivity index (χ0n) is 11.2. The van der Waals surface area contributed by atoms with Crippen molar-refractivity contribution in [3.8, 4) is 0 Å². The van der Waals surface area contributed by atoms with Gasteiger partial charge in [-0.15, -0.1) is 0 Å². The predicted molar refractivity (Wildman–Crippen MR) is 74.9 cm³/mol. The van der Waals surface area contributed by atoms with Gasteiger partial charge in [0.15, 0.2) is 0 Å². The summed E-state index contributed by atoms with van der Waals surface area (Å²) in [4.78, 5) is 12.2. The summed E-state index contributed by atoms with van der Waals surface area (Å²) in [5, 5.41) is 7.14. The Hall–Kier alpha value is -2.14. The Labute approximate surface area is 112 Å². The normalized spacial score (nSPS) is 10.5. The first-order valence-electron chi connectivity index (χ1n) is 6.28. The molecule has 0 fully saturated rings. The number of aryl methyl sites for hydroxylation is 2. The van der Waals surface area contributed by atoms with Crippen LogP contribution in [0.4, 0.5) is 5.69 Å². The molecule has 2 aromatic rings. The summed E-state index contributed by atoms with van der Waals surface area (Å²) in [6.07, 6.45) is 0.806. The SMILES string of the molecule is CCc1cc(C(=O)Nc2ccccc2CN)n(C)n1. The molecule has 19 heavy (non-hydrogen) atoms. The molecule has 0 spiro atoms. The maximum absolute atomic E-state index is 12.2. The number of hydrogen-bond acceptors (Lipinski definition) is 3. The van der Waals surface area contributed by atoms with Gasteiger partial charge in [0.2, 0.25) is 0 Å². The number of carbonyl (C=O) groups excluding carboxylic acids is 1. The second-order valence-electron chi connectivity index (χ2n) is 4.31. The second kappa shape index (κ2) is 5.67. The van der Waals surface area contributed by atoms with E-state index < -0.39 is 0 Å². The zero-order valence-corrected chi connectivity index (χ0v) is 11.2. The molecule has 0 saturated carbocycles. The Morgan fingerprint density at radius 3 is 2.79 bits per heavy atom. The van der Waals surface area contributed by atoms with Crippen LogP contribution < -0.4 is 11.1 Å². The van der Waals surface area contributed by atoms with Gasteiger partial charge in [0.05, 0.1) is 5.69 Å². The molecular formula is C14H18N4O. The minimum absolute atomic E-state index is 0.171. The predicted octanol–water partition coefficient (Wildman–Crippen LogP) is 1.69. The number of nitrogens with zero attached hydrogens (tertiary/aromatic N) is 2. The highest BCUT2D eigenvalue weighted by Crippen LogP contribution is 2.15. The molecule has 0 atom stereocenters. The largest absolute Gasteiger partial charge is 0.326 e. The molecule has 0 aliphatic rings. The highest BCUT2D eigenvalue weighted by Gasteiger charge is 2.13. The van der Waals surface area contributed by atoms with Crippen molar-refractivity contribution in [3.63, 3.8) is 0 Å². The van der Waals surface area contributed by atoms with Crippen molar-refractivity contribution < 1.29 is 4.79 Å². The van der Waals surface area contributed by atoms with E-state index in [1.807, 2.05) is 31.2 Å². The van der Waals surface area contributed by atoms with E-state index in [1.165, 1.54) is 0 Å². The average Bonchev–Trinajstić information content (AvgIpc) is 2.80. The summed E-state index contributed by atoms with van der Waals surface area (Å²) in [6.45, 7) is 2.40. The van der Waals surface area contributed by atoms with Crippen molar-refractivity contribution in [2.75, 3.05) is 5.32 Å². The van der Waals surface area contributed by atoms with Crippen LogP contribution in [0.25, 0.3) is 0 Å². The summed E-state index contributed by atoms with van der Waals surface area (Å²) in [5.74, 6) is -0.171. The number of anilines is 1. The molecule has 0 bridgehead atoms. The van der Waals surface area contributed by atoms with E-state index >= 15 is 0 Å². The molecule has 2 rings (SSSR count). The van der Waals surface area contributed by atoms with Crippen LogP contribution in [-0.4, -0.2) is 15.7 Å². The monoisotopic (exact) mass is 258 g/mol.